The molecule has 1 aromatic rings. The van der Waals surface area contributed by atoms with E-state index in [4.69, 9.17) is 10.0 Å². The number of rotatable bonds is 4. The number of hydrogen-bond acceptors (Lipinski definition) is 3. The van der Waals surface area contributed by atoms with Crippen molar-refractivity contribution in [3.8, 4) is 0 Å². The third-order valence-corrected chi connectivity index (χ3v) is 4.33. The summed E-state index contributed by atoms with van der Waals surface area (Å²) in [5.74, 6) is 0.374. The zero-order chi connectivity index (χ0) is 14.7. The van der Waals surface area contributed by atoms with Crippen LogP contribution in [0.3, 0.4) is 0 Å². The quantitative estimate of drug-likeness (QED) is 0.821. The molecule has 5 heteroatoms. The lowest BCUT2D eigenvalue weighted by Gasteiger charge is -2.34. The highest BCUT2D eigenvalue weighted by Crippen LogP contribution is 2.27. The van der Waals surface area contributed by atoms with E-state index in [1.807, 2.05) is 7.05 Å². The number of hydrogen-bond donors (Lipinski definition) is 2. The van der Waals surface area contributed by atoms with Crippen molar-refractivity contribution in [1.29, 1.82) is 0 Å². The standard InChI is InChI=1S/C15H23BFNO2/c1-11-4-3-5-14(8-11)18(2)10-12-6-7-13(16(19)20)9-15(12)17/h6-7,9,11,14,19-20H,3-5,8,10H2,1-2H3. The van der Waals surface area contributed by atoms with Gasteiger partial charge in [-0.3, -0.25) is 4.90 Å². The lowest BCUT2D eigenvalue weighted by molar-refractivity contribution is 0.156. The van der Waals surface area contributed by atoms with Crippen LogP contribution in [0, 0.1) is 11.7 Å². The average Bonchev–Trinajstić information content (AvgIpc) is 2.40. The highest BCUT2D eigenvalue weighted by Gasteiger charge is 2.23. The normalized spacial score (nSPS) is 23.1. The topological polar surface area (TPSA) is 43.7 Å². The highest BCUT2D eigenvalue weighted by atomic mass is 19.1. The molecule has 110 valence electrons. The fourth-order valence-electron chi connectivity index (χ4n) is 3.05. The summed E-state index contributed by atoms with van der Waals surface area (Å²) in [7, 11) is 0.423. The second kappa shape index (κ2) is 6.70. The molecule has 3 nitrogen and oxygen atoms in total. The molecule has 2 atom stereocenters. The molecule has 2 rings (SSSR count). The van der Waals surface area contributed by atoms with Gasteiger partial charge in [-0.25, -0.2) is 4.39 Å². The molecule has 0 radical (unpaired) electrons. The van der Waals surface area contributed by atoms with Gasteiger partial charge >= 0.3 is 7.12 Å². The lowest BCUT2D eigenvalue weighted by atomic mass is 9.80. The smallest absolute Gasteiger partial charge is 0.423 e. The van der Waals surface area contributed by atoms with Gasteiger partial charge in [-0.15, -0.1) is 0 Å². The Kier molecular flexibility index (Phi) is 5.19. The molecule has 0 heterocycles. The van der Waals surface area contributed by atoms with E-state index in [0.29, 0.717) is 18.2 Å². The second-order valence-corrected chi connectivity index (χ2v) is 6.07. The van der Waals surface area contributed by atoms with Crippen molar-refractivity contribution >= 4 is 12.6 Å². The van der Waals surface area contributed by atoms with Gasteiger partial charge in [-0.1, -0.05) is 31.9 Å². The molecule has 1 saturated carbocycles. The third-order valence-electron chi connectivity index (χ3n) is 4.33. The molecule has 0 aromatic heterocycles. The van der Waals surface area contributed by atoms with Crippen molar-refractivity contribution in [2.45, 2.75) is 45.2 Å². The zero-order valence-corrected chi connectivity index (χ0v) is 12.2. The molecular weight excluding hydrogens is 256 g/mol. The maximum absolute atomic E-state index is 14.0. The SMILES string of the molecule is CC1CCCC(N(C)Cc2ccc(B(O)O)cc2F)C1. The van der Waals surface area contributed by atoms with Gasteiger partial charge in [0.1, 0.15) is 5.82 Å². The molecule has 1 aliphatic rings. The highest BCUT2D eigenvalue weighted by molar-refractivity contribution is 6.58. The first-order valence-corrected chi connectivity index (χ1v) is 7.32. The van der Waals surface area contributed by atoms with Crippen LogP contribution in [0.15, 0.2) is 18.2 Å². The van der Waals surface area contributed by atoms with Gasteiger partial charge in [0, 0.05) is 18.2 Å². The van der Waals surface area contributed by atoms with Crippen molar-refractivity contribution < 1.29 is 14.4 Å². The summed E-state index contributed by atoms with van der Waals surface area (Å²) in [6, 6.07) is 4.94. The van der Waals surface area contributed by atoms with Gasteiger partial charge in [0.2, 0.25) is 0 Å². The monoisotopic (exact) mass is 279 g/mol. The Hall–Kier alpha value is -0.905. The number of nitrogens with zero attached hydrogens (tertiary/aromatic N) is 1. The molecule has 20 heavy (non-hydrogen) atoms. The van der Waals surface area contributed by atoms with Gasteiger partial charge in [-0.05, 0) is 37.3 Å². The Bertz CT molecular complexity index is 455. The summed E-state index contributed by atoms with van der Waals surface area (Å²) in [5.41, 5.74) is 0.801. The van der Waals surface area contributed by atoms with Crippen LogP contribution in [0.2, 0.25) is 0 Å². The first-order chi connectivity index (χ1) is 9.47. The third kappa shape index (κ3) is 3.81. The van der Waals surface area contributed by atoms with Crippen LogP contribution in [-0.2, 0) is 6.54 Å². The lowest BCUT2D eigenvalue weighted by Crippen LogP contribution is -2.35. The maximum atomic E-state index is 14.0. The molecule has 1 fully saturated rings. The van der Waals surface area contributed by atoms with E-state index in [1.54, 1.807) is 12.1 Å². The summed E-state index contributed by atoms with van der Waals surface area (Å²) in [4.78, 5) is 2.21. The minimum Gasteiger partial charge on any atom is -0.423 e. The van der Waals surface area contributed by atoms with Crippen LogP contribution in [-0.4, -0.2) is 35.2 Å². The minimum atomic E-state index is -1.62. The summed E-state index contributed by atoms with van der Waals surface area (Å²) >= 11 is 0. The van der Waals surface area contributed by atoms with E-state index in [2.05, 4.69) is 11.8 Å². The number of halogens is 1. The largest absolute Gasteiger partial charge is 0.488 e. The van der Waals surface area contributed by atoms with Crippen LogP contribution in [0.5, 0.6) is 0 Å². The van der Waals surface area contributed by atoms with E-state index in [-0.39, 0.29) is 11.3 Å². The zero-order valence-electron chi connectivity index (χ0n) is 12.2. The molecule has 1 aromatic carbocycles. The van der Waals surface area contributed by atoms with Crippen molar-refractivity contribution in [1.82, 2.24) is 4.90 Å². The minimum absolute atomic E-state index is 0.195. The van der Waals surface area contributed by atoms with E-state index in [1.165, 1.54) is 31.7 Å². The van der Waals surface area contributed by atoms with Crippen LogP contribution < -0.4 is 5.46 Å². The van der Waals surface area contributed by atoms with Gasteiger partial charge < -0.3 is 10.0 Å². The molecular formula is C15H23BFNO2. The average molecular weight is 279 g/mol. The fourth-order valence-corrected chi connectivity index (χ4v) is 3.05. The van der Waals surface area contributed by atoms with E-state index in [9.17, 15) is 4.39 Å². The van der Waals surface area contributed by atoms with Crippen molar-refractivity contribution in [3.05, 3.63) is 29.6 Å². The molecule has 2 unspecified atom stereocenters. The van der Waals surface area contributed by atoms with Gasteiger partial charge in [0.25, 0.3) is 0 Å². The van der Waals surface area contributed by atoms with Crippen LogP contribution >= 0.6 is 0 Å². The van der Waals surface area contributed by atoms with E-state index < -0.39 is 7.12 Å². The van der Waals surface area contributed by atoms with Gasteiger partial charge in [0.05, 0.1) is 0 Å². The molecule has 0 aliphatic heterocycles. The molecule has 0 amide bonds. The predicted molar refractivity (Wildman–Crippen MR) is 79.1 cm³/mol. The summed E-state index contributed by atoms with van der Waals surface area (Å²) in [6.45, 7) is 2.84. The maximum Gasteiger partial charge on any atom is 0.488 e. The van der Waals surface area contributed by atoms with Gasteiger partial charge in [-0.2, -0.15) is 0 Å². The summed E-state index contributed by atoms with van der Waals surface area (Å²) in [6.07, 6.45) is 4.89. The molecule has 0 bridgehead atoms. The molecule has 0 saturated heterocycles. The van der Waals surface area contributed by atoms with Crippen molar-refractivity contribution in [2.24, 2.45) is 5.92 Å². The fraction of sp³-hybridized carbons (Fsp3) is 0.600. The number of benzene rings is 1. The van der Waals surface area contributed by atoms with Crippen LogP contribution in [0.4, 0.5) is 4.39 Å². The van der Waals surface area contributed by atoms with Crippen molar-refractivity contribution in [3.63, 3.8) is 0 Å². The molecule has 0 spiro atoms. The predicted octanol–water partition coefficient (Wildman–Crippen LogP) is 1.52. The molecule has 1 aliphatic carbocycles. The first-order valence-electron chi connectivity index (χ1n) is 7.32. The summed E-state index contributed by atoms with van der Waals surface area (Å²) < 4.78 is 14.0. The van der Waals surface area contributed by atoms with Crippen LogP contribution in [0.1, 0.15) is 38.2 Å². The van der Waals surface area contributed by atoms with E-state index in [0.717, 1.165) is 5.92 Å². The summed E-state index contributed by atoms with van der Waals surface area (Å²) in [5, 5.41) is 18.1. The van der Waals surface area contributed by atoms with Gasteiger partial charge in [0.15, 0.2) is 0 Å². The Labute approximate surface area is 120 Å². The Morgan fingerprint density at radius 2 is 2.10 bits per heavy atom. The molecule has 2 N–H and O–H groups in total. The second-order valence-electron chi connectivity index (χ2n) is 6.07. The van der Waals surface area contributed by atoms with Crippen LogP contribution in [0.25, 0.3) is 0 Å². The van der Waals surface area contributed by atoms with Crippen molar-refractivity contribution in [2.75, 3.05) is 7.05 Å². The Morgan fingerprint density at radius 3 is 2.70 bits per heavy atom. The van der Waals surface area contributed by atoms with E-state index >= 15 is 0 Å². The first kappa shape index (κ1) is 15.5. The Balaban J connectivity index is 2.02. The Morgan fingerprint density at radius 1 is 1.35 bits per heavy atom.